The number of phenolic OH excluding ortho intramolecular Hbond substituents is 1. The summed E-state index contributed by atoms with van der Waals surface area (Å²) in [5, 5.41) is 19.2. The van der Waals surface area contributed by atoms with Crippen molar-refractivity contribution in [2.45, 2.75) is 34.0 Å². The fourth-order valence-electron chi connectivity index (χ4n) is 2.76. The third kappa shape index (κ3) is 6.01. The Labute approximate surface area is 171 Å². The summed E-state index contributed by atoms with van der Waals surface area (Å²) >= 11 is 0. The van der Waals surface area contributed by atoms with Crippen LogP contribution >= 0.6 is 0 Å². The monoisotopic (exact) mass is 394 g/mol. The van der Waals surface area contributed by atoms with E-state index in [0.717, 1.165) is 0 Å². The van der Waals surface area contributed by atoms with Crippen LogP contribution in [0, 0.1) is 6.92 Å². The lowest BCUT2D eigenvalue weighted by atomic mass is 10.0. The predicted octanol–water partition coefficient (Wildman–Crippen LogP) is 5.58. The highest BCUT2D eigenvalue weighted by Gasteiger charge is 2.13. The molecule has 29 heavy (non-hydrogen) atoms. The SMILES string of the molecule is CC.Cc1cccc(COc2cccc(OCc3ccccc3O)c2)c1C(=O)O. The van der Waals surface area contributed by atoms with Crippen LogP contribution in [0.3, 0.4) is 0 Å². The molecule has 0 aromatic heterocycles. The van der Waals surface area contributed by atoms with Crippen molar-refractivity contribution in [3.63, 3.8) is 0 Å². The number of aromatic hydroxyl groups is 1. The molecule has 5 nitrogen and oxygen atoms in total. The van der Waals surface area contributed by atoms with Gasteiger partial charge in [0.15, 0.2) is 0 Å². The number of para-hydroxylation sites is 1. The molecule has 2 N–H and O–H groups in total. The number of benzene rings is 3. The standard InChI is InChI=1S/C22H20O5.C2H6/c1-15-6-4-8-17(21(15)22(24)25)14-27-19-10-5-9-18(12-19)26-13-16-7-2-3-11-20(16)23;1-2/h2-12,23H,13-14H2,1H3,(H,24,25);1-2H3. The summed E-state index contributed by atoms with van der Waals surface area (Å²) in [7, 11) is 0. The molecule has 0 bridgehead atoms. The van der Waals surface area contributed by atoms with Crippen LogP contribution in [0.5, 0.6) is 17.2 Å². The van der Waals surface area contributed by atoms with Crippen molar-refractivity contribution in [1.29, 1.82) is 0 Å². The second kappa shape index (κ2) is 10.8. The molecule has 0 aliphatic rings. The van der Waals surface area contributed by atoms with Gasteiger partial charge in [0, 0.05) is 17.2 Å². The first kappa shape index (κ1) is 21.8. The maximum absolute atomic E-state index is 11.5. The summed E-state index contributed by atoms with van der Waals surface area (Å²) in [6.07, 6.45) is 0. The van der Waals surface area contributed by atoms with Crippen molar-refractivity contribution in [3.8, 4) is 17.2 Å². The van der Waals surface area contributed by atoms with Crippen LogP contribution in [0.4, 0.5) is 0 Å². The van der Waals surface area contributed by atoms with E-state index in [9.17, 15) is 15.0 Å². The molecule has 0 amide bonds. The van der Waals surface area contributed by atoms with E-state index in [1.807, 2.05) is 26.0 Å². The fourth-order valence-corrected chi connectivity index (χ4v) is 2.76. The van der Waals surface area contributed by atoms with E-state index in [4.69, 9.17) is 9.47 Å². The lowest BCUT2D eigenvalue weighted by Crippen LogP contribution is -2.07. The molecular formula is C24H26O5. The van der Waals surface area contributed by atoms with Crippen molar-refractivity contribution < 1.29 is 24.5 Å². The minimum Gasteiger partial charge on any atom is -0.508 e. The third-order valence-electron chi connectivity index (χ3n) is 4.16. The van der Waals surface area contributed by atoms with Crippen molar-refractivity contribution >= 4 is 5.97 Å². The Bertz CT molecular complexity index is 950. The van der Waals surface area contributed by atoms with Crippen molar-refractivity contribution in [1.82, 2.24) is 0 Å². The van der Waals surface area contributed by atoms with Gasteiger partial charge in [0.1, 0.15) is 30.5 Å². The van der Waals surface area contributed by atoms with Crippen LogP contribution in [-0.2, 0) is 13.2 Å². The predicted molar refractivity (Wildman–Crippen MR) is 113 cm³/mol. The smallest absolute Gasteiger partial charge is 0.336 e. The summed E-state index contributed by atoms with van der Waals surface area (Å²) in [5.74, 6) is 0.387. The maximum Gasteiger partial charge on any atom is 0.336 e. The molecule has 3 aromatic rings. The van der Waals surface area contributed by atoms with Crippen LogP contribution in [0.1, 0.15) is 40.9 Å². The van der Waals surface area contributed by atoms with Crippen LogP contribution < -0.4 is 9.47 Å². The molecule has 0 spiro atoms. The molecule has 0 atom stereocenters. The van der Waals surface area contributed by atoms with Gasteiger partial charge in [0.2, 0.25) is 0 Å². The van der Waals surface area contributed by atoms with E-state index in [1.54, 1.807) is 61.5 Å². The topological polar surface area (TPSA) is 76.0 Å². The second-order valence-electron chi connectivity index (χ2n) is 6.10. The molecule has 0 aliphatic heterocycles. The fraction of sp³-hybridized carbons (Fsp3) is 0.208. The molecular weight excluding hydrogens is 368 g/mol. The van der Waals surface area contributed by atoms with Crippen molar-refractivity contribution in [2.24, 2.45) is 0 Å². The Balaban J connectivity index is 0.00000145. The minimum atomic E-state index is -0.966. The number of phenols is 1. The molecule has 0 heterocycles. The quantitative estimate of drug-likeness (QED) is 0.547. The van der Waals surface area contributed by atoms with Gasteiger partial charge in [-0.15, -0.1) is 0 Å². The second-order valence-corrected chi connectivity index (χ2v) is 6.10. The molecule has 0 fully saturated rings. The van der Waals surface area contributed by atoms with Gasteiger partial charge >= 0.3 is 5.97 Å². The van der Waals surface area contributed by atoms with Gasteiger partial charge in [-0.2, -0.15) is 0 Å². The van der Waals surface area contributed by atoms with Crippen molar-refractivity contribution in [3.05, 3.63) is 89.0 Å². The number of aryl methyl sites for hydroxylation is 1. The van der Waals surface area contributed by atoms with E-state index in [0.29, 0.717) is 28.2 Å². The number of ether oxygens (including phenoxy) is 2. The Morgan fingerprint density at radius 2 is 1.38 bits per heavy atom. The van der Waals surface area contributed by atoms with Crippen LogP contribution in [0.2, 0.25) is 0 Å². The summed E-state index contributed by atoms with van der Waals surface area (Å²) in [6.45, 7) is 6.14. The van der Waals surface area contributed by atoms with E-state index in [-0.39, 0.29) is 24.5 Å². The molecule has 152 valence electrons. The minimum absolute atomic E-state index is 0.145. The zero-order valence-electron chi connectivity index (χ0n) is 16.9. The normalized spacial score (nSPS) is 9.90. The molecule has 0 unspecified atom stereocenters. The summed E-state index contributed by atoms with van der Waals surface area (Å²) < 4.78 is 11.5. The largest absolute Gasteiger partial charge is 0.508 e. The Morgan fingerprint density at radius 1 is 0.828 bits per heavy atom. The third-order valence-corrected chi connectivity index (χ3v) is 4.16. The number of aromatic carboxylic acids is 1. The maximum atomic E-state index is 11.5. The first-order valence-electron chi connectivity index (χ1n) is 9.49. The summed E-state index contributed by atoms with van der Waals surface area (Å²) in [5.41, 5.74) is 2.27. The highest BCUT2D eigenvalue weighted by atomic mass is 16.5. The Hall–Kier alpha value is -3.47. The van der Waals surface area contributed by atoms with Gasteiger partial charge in [0.25, 0.3) is 0 Å². The molecule has 5 heteroatoms. The molecule has 3 rings (SSSR count). The molecule has 0 saturated carbocycles. The zero-order chi connectivity index (χ0) is 21.2. The first-order chi connectivity index (χ1) is 14.0. The first-order valence-corrected chi connectivity index (χ1v) is 9.49. The number of hydrogen-bond acceptors (Lipinski definition) is 4. The molecule has 3 aromatic carbocycles. The lowest BCUT2D eigenvalue weighted by Gasteiger charge is -2.12. The van der Waals surface area contributed by atoms with Gasteiger partial charge in [-0.05, 0) is 30.7 Å². The number of carboxylic acid groups (broad SMARTS) is 1. The van der Waals surface area contributed by atoms with Gasteiger partial charge < -0.3 is 19.7 Å². The molecule has 0 saturated heterocycles. The van der Waals surface area contributed by atoms with Crippen LogP contribution in [0.15, 0.2) is 66.7 Å². The van der Waals surface area contributed by atoms with E-state index in [2.05, 4.69) is 0 Å². The molecule has 0 radical (unpaired) electrons. The van der Waals surface area contributed by atoms with Gasteiger partial charge in [-0.3, -0.25) is 0 Å². The summed E-state index contributed by atoms with van der Waals surface area (Å²) in [6, 6.07) is 19.4. The van der Waals surface area contributed by atoms with Gasteiger partial charge in [-0.25, -0.2) is 4.79 Å². The van der Waals surface area contributed by atoms with Crippen LogP contribution in [-0.4, -0.2) is 16.2 Å². The lowest BCUT2D eigenvalue weighted by molar-refractivity contribution is 0.0693. The van der Waals surface area contributed by atoms with E-state index in [1.165, 1.54) is 0 Å². The Morgan fingerprint density at radius 3 is 2.00 bits per heavy atom. The highest BCUT2D eigenvalue weighted by molar-refractivity contribution is 5.91. The average Bonchev–Trinajstić information content (AvgIpc) is 2.73. The zero-order valence-corrected chi connectivity index (χ0v) is 16.9. The van der Waals surface area contributed by atoms with Gasteiger partial charge in [-0.1, -0.05) is 56.3 Å². The van der Waals surface area contributed by atoms with E-state index < -0.39 is 5.97 Å². The molecule has 0 aliphatic carbocycles. The number of carboxylic acids is 1. The number of hydrogen-bond donors (Lipinski definition) is 2. The Kier molecular flexibility index (Phi) is 8.10. The highest BCUT2D eigenvalue weighted by Crippen LogP contribution is 2.24. The summed E-state index contributed by atoms with van der Waals surface area (Å²) in [4.78, 5) is 11.5. The van der Waals surface area contributed by atoms with Crippen molar-refractivity contribution in [2.75, 3.05) is 0 Å². The number of rotatable bonds is 7. The van der Waals surface area contributed by atoms with E-state index >= 15 is 0 Å². The van der Waals surface area contributed by atoms with Gasteiger partial charge in [0.05, 0.1) is 5.56 Å². The van der Waals surface area contributed by atoms with Crippen LogP contribution in [0.25, 0.3) is 0 Å². The number of carbonyl (C=O) groups is 1. The average molecular weight is 394 g/mol.